The SMILES string of the molecule is COC(C)(C)O[C@@]1(CO)CCNC1. The van der Waals surface area contributed by atoms with E-state index in [0.29, 0.717) is 6.54 Å². The number of aliphatic hydroxyl groups is 1. The average molecular weight is 189 g/mol. The molecule has 0 aromatic heterocycles. The quantitative estimate of drug-likeness (QED) is 0.616. The number of hydrogen-bond acceptors (Lipinski definition) is 4. The number of methoxy groups -OCH3 is 1. The summed E-state index contributed by atoms with van der Waals surface area (Å²) in [7, 11) is 1.60. The van der Waals surface area contributed by atoms with Gasteiger partial charge in [-0.15, -0.1) is 0 Å². The summed E-state index contributed by atoms with van der Waals surface area (Å²) >= 11 is 0. The van der Waals surface area contributed by atoms with Crippen molar-refractivity contribution in [3.63, 3.8) is 0 Å². The molecule has 4 nitrogen and oxygen atoms in total. The zero-order chi connectivity index (χ0) is 9.95. The number of hydrogen-bond donors (Lipinski definition) is 2. The fourth-order valence-corrected chi connectivity index (χ4v) is 1.54. The van der Waals surface area contributed by atoms with Crippen LogP contribution in [0.15, 0.2) is 0 Å². The monoisotopic (exact) mass is 189 g/mol. The van der Waals surface area contributed by atoms with E-state index in [9.17, 15) is 5.11 Å². The largest absolute Gasteiger partial charge is 0.393 e. The van der Waals surface area contributed by atoms with Gasteiger partial charge in [0.2, 0.25) is 0 Å². The Morgan fingerprint density at radius 2 is 2.23 bits per heavy atom. The minimum Gasteiger partial charge on any atom is -0.393 e. The van der Waals surface area contributed by atoms with Crippen molar-refractivity contribution in [1.29, 1.82) is 0 Å². The van der Waals surface area contributed by atoms with Gasteiger partial charge in [0.1, 0.15) is 5.60 Å². The minimum atomic E-state index is -0.630. The van der Waals surface area contributed by atoms with Crippen LogP contribution in [0, 0.1) is 0 Å². The Labute approximate surface area is 79.2 Å². The molecular weight excluding hydrogens is 170 g/mol. The summed E-state index contributed by atoms with van der Waals surface area (Å²) in [6, 6.07) is 0. The molecule has 0 aromatic carbocycles. The Balaban J connectivity index is 2.57. The maximum atomic E-state index is 9.25. The first-order chi connectivity index (χ1) is 6.04. The third-order valence-corrected chi connectivity index (χ3v) is 2.45. The van der Waals surface area contributed by atoms with Crippen molar-refractivity contribution in [3.05, 3.63) is 0 Å². The summed E-state index contributed by atoms with van der Waals surface area (Å²) in [4.78, 5) is 0. The van der Waals surface area contributed by atoms with Crippen molar-refractivity contribution in [2.75, 3.05) is 26.8 Å². The molecule has 1 saturated heterocycles. The highest BCUT2D eigenvalue weighted by Crippen LogP contribution is 2.26. The van der Waals surface area contributed by atoms with E-state index >= 15 is 0 Å². The lowest BCUT2D eigenvalue weighted by atomic mass is 10.0. The van der Waals surface area contributed by atoms with Crippen LogP contribution in [0.1, 0.15) is 20.3 Å². The van der Waals surface area contributed by atoms with Gasteiger partial charge in [-0.3, -0.25) is 0 Å². The van der Waals surface area contributed by atoms with Crippen molar-refractivity contribution in [2.24, 2.45) is 0 Å². The highest BCUT2D eigenvalue weighted by Gasteiger charge is 2.39. The van der Waals surface area contributed by atoms with Gasteiger partial charge in [-0.1, -0.05) is 0 Å². The highest BCUT2D eigenvalue weighted by atomic mass is 16.7. The molecule has 0 spiro atoms. The molecule has 1 atom stereocenters. The molecule has 0 bridgehead atoms. The van der Waals surface area contributed by atoms with Gasteiger partial charge in [0.25, 0.3) is 0 Å². The summed E-state index contributed by atoms with van der Waals surface area (Å²) in [6.45, 7) is 5.31. The van der Waals surface area contributed by atoms with E-state index in [0.717, 1.165) is 13.0 Å². The van der Waals surface area contributed by atoms with Gasteiger partial charge in [-0.25, -0.2) is 0 Å². The van der Waals surface area contributed by atoms with Gasteiger partial charge in [0.05, 0.1) is 6.61 Å². The summed E-state index contributed by atoms with van der Waals surface area (Å²) in [6.07, 6.45) is 0.830. The Morgan fingerprint density at radius 3 is 2.62 bits per heavy atom. The van der Waals surface area contributed by atoms with Crippen LogP contribution in [0.25, 0.3) is 0 Å². The summed E-state index contributed by atoms with van der Waals surface area (Å²) in [5.74, 6) is -0.630. The first-order valence-electron chi connectivity index (χ1n) is 4.60. The van der Waals surface area contributed by atoms with Gasteiger partial charge in [0, 0.05) is 13.7 Å². The van der Waals surface area contributed by atoms with Crippen LogP contribution in [0.3, 0.4) is 0 Å². The second kappa shape index (κ2) is 3.92. The first kappa shape index (κ1) is 10.9. The fourth-order valence-electron chi connectivity index (χ4n) is 1.54. The molecule has 13 heavy (non-hydrogen) atoms. The molecule has 4 heteroatoms. The molecule has 1 aliphatic rings. The maximum absolute atomic E-state index is 9.25. The van der Waals surface area contributed by atoms with E-state index in [2.05, 4.69) is 5.32 Å². The predicted molar refractivity (Wildman–Crippen MR) is 49.5 cm³/mol. The van der Waals surface area contributed by atoms with Crippen molar-refractivity contribution in [3.8, 4) is 0 Å². The van der Waals surface area contributed by atoms with E-state index in [1.165, 1.54) is 0 Å². The van der Waals surface area contributed by atoms with E-state index in [1.54, 1.807) is 7.11 Å². The molecule has 1 fully saturated rings. The molecule has 1 aliphatic heterocycles. The number of nitrogens with one attached hydrogen (secondary N) is 1. The zero-order valence-electron chi connectivity index (χ0n) is 8.59. The Bertz CT molecular complexity index is 164. The summed E-state index contributed by atoms with van der Waals surface area (Å²) in [5, 5.41) is 12.4. The van der Waals surface area contributed by atoms with E-state index < -0.39 is 11.4 Å². The topological polar surface area (TPSA) is 50.7 Å². The van der Waals surface area contributed by atoms with Crippen LogP contribution < -0.4 is 5.32 Å². The van der Waals surface area contributed by atoms with Crippen LogP contribution in [-0.2, 0) is 9.47 Å². The standard InChI is InChI=1S/C9H19NO3/c1-8(2,12-3)13-9(7-11)4-5-10-6-9/h10-11H,4-7H2,1-3H3/t9-/m0/s1. The summed E-state index contributed by atoms with van der Waals surface area (Å²) < 4.78 is 10.9. The Morgan fingerprint density at radius 1 is 1.54 bits per heavy atom. The molecule has 2 N–H and O–H groups in total. The van der Waals surface area contributed by atoms with Gasteiger partial charge >= 0.3 is 0 Å². The van der Waals surface area contributed by atoms with Crippen molar-refractivity contribution < 1.29 is 14.6 Å². The number of ether oxygens (including phenoxy) is 2. The van der Waals surface area contributed by atoms with Gasteiger partial charge < -0.3 is 19.9 Å². The molecular formula is C9H19NO3. The van der Waals surface area contributed by atoms with Crippen LogP contribution in [-0.4, -0.2) is 43.3 Å². The van der Waals surface area contributed by atoms with Gasteiger partial charge in [-0.05, 0) is 26.8 Å². The molecule has 78 valence electrons. The van der Waals surface area contributed by atoms with Crippen molar-refractivity contribution >= 4 is 0 Å². The highest BCUT2D eigenvalue weighted by molar-refractivity contribution is 4.90. The molecule has 0 aromatic rings. The smallest absolute Gasteiger partial charge is 0.163 e. The molecule has 0 saturated carbocycles. The van der Waals surface area contributed by atoms with Gasteiger partial charge in [-0.2, -0.15) is 0 Å². The van der Waals surface area contributed by atoms with E-state index in [4.69, 9.17) is 9.47 Å². The normalized spacial score (nSPS) is 29.5. The molecule has 1 rings (SSSR count). The van der Waals surface area contributed by atoms with Crippen molar-refractivity contribution in [1.82, 2.24) is 5.32 Å². The second-order valence-corrected chi connectivity index (χ2v) is 3.97. The maximum Gasteiger partial charge on any atom is 0.163 e. The molecule has 0 radical (unpaired) electrons. The zero-order valence-corrected chi connectivity index (χ0v) is 8.59. The fraction of sp³-hybridized carbons (Fsp3) is 1.00. The third-order valence-electron chi connectivity index (χ3n) is 2.45. The third kappa shape index (κ3) is 2.64. The Hall–Kier alpha value is -0.160. The van der Waals surface area contributed by atoms with E-state index in [-0.39, 0.29) is 6.61 Å². The minimum absolute atomic E-state index is 0.0345. The van der Waals surface area contributed by atoms with Crippen molar-refractivity contribution in [2.45, 2.75) is 31.7 Å². The lowest BCUT2D eigenvalue weighted by Crippen LogP contribution is -2.46. The molecule has 0 unspecified atom stereocenters. The molecule has 0 aliphatic carbocycles. The average Bonchev–Trinajstić information content (AvgIpc) is 2.53. The number of aliphatic hydroxyl groups excluding tert-OH is 1. The van der Waals surface area contributed by atoms with E-state index in [1.807, 2.05) is 13.8 Å². The van der Waals surface area contributed by atoms with Crippen LogP contribution >= 0.6 is 0 Å². The number of rotatable bonds is 4. The van der Waals surface area contributed by atoms with Crippen LogP contribution in [0.5, 0.6) is 0 Å². The molecule has 1 heterocycles. The first-order valence-corrected chi connectivity index (χ1v) is 4.60. The van der Waals surface area contributed by atoms with Gasteiger partial charge in [0.15, 0.2) is 5.79 Å². The Kier molecular flexibility index (Phi) is 3.29. The summed E-state index contributed by atoms with van der Waals surface area (Å²) in [5.41, 5.74) is -0.459. The lowest BCUT2D eigenvalue weighted by Gasteiger charge is -2.35. The predicted octanol–water partition coefficient (Wildman–Crippen LogP) is 0.110. The van der Waals surface area contributed by atoms with Crippen LogP contribution in [0.2, 0.25) is 0 Å². The molecule has 0 amide bonds. The second-order valence-electron chi connectivity index (χ2n) is 3.97. The van der Waals surface area contributed by atoms with Crippen LogP contribution in [0.4, 0.5) is 0 Å². The lowest BCUT2D eigenvalue weighted by molar-refractivity contribution is -0.261.